The molecule has 0 bridgehead atoms. The van der Waals surface area contributed by atoms with Gasteiger partial charge in [-0.3, -0.25) is 9.36 Å². The van der Waals surface area contributed by atoms with Crippen LogP contribution in [0.4, 0.5) is 0 Å². The first-order chi connectivity index (χ1) is 19.3. The zero-order chi connectivity index (χ0) is 28.4. The van der Waals surface area contributed by atoms with Gasteiger partial charge in [-0.05, 0) is 67.4 Å². The monoisotopic (exact) mass is 540 g/mol. The second-order valence-corrected chi connectivity index (χ2v) is 9.09. The molecule has 1 aliphatic heterocycles. The van der Waals surface area contributed by atoms with Crippen LogP contribution in [0.15, 0.2) is 81.7 Å². The van der Waals surface area contributed by atoms with Gasteiger partial charge in [-0.2, -0.15) is 0 Å². The van der Waals surface area contributed by atoms with E-state index in [2.05, 4.69) is 15.0 Å². The minimum Gasteiger partial charge on any atom is -0.497 e. The summed E-state index contributed by atoms with van der Waals surface area (Å²) in [6.45, 7) is 3.64. The third kappa shape index (κ3) is 4.86. The molecular weight excluding hydrogens is 512 g/mol. The summed E-state index contributed by atoms with van der Waals surface area (Å²) in [5, 5.41) is 0.284. The Bertz CT molecular complexity index is 1810. The molecule has 204 valence electrons. The van der Waals surface area contributed by atoms with Crippen LogP contribution in [0.1, 0.15) is 41.5 Å². The summed E-state index contributed by atoms with van der Waals surface area (Å²) in [5.41, 5.74) is 4.07. The fraction of sp³-hybridized carbons (Fsp3) is 0.200. The van der Waals surface area contributed by atoms with E-state index in [9.17, 15) is 14.4 Å². The van der Waals surface area contributed by atoms with E-state index in [4.69, 9.17) is 14.2 Å². The number of methoxy groups -OCH3 is 2. The number of carbonyl (C=O) groups excluding carboxylic acids is 2. The average Bonchev–Trinajstić information content (AvgIpc) is 3.56. The molecule has 0 amide bonds. The van der Waals surface area contributed by atoms with Crippen LogP contribution in [0.2, 0.25) is 0 Å². The van der Waals surface area contributed by atoms with Gasteiger partial charge in [0.1, 0.15) is 11.1 Å². The summed E-state index contributed by atoms with van der Waals surface area (Å²) in [6.07, 6.45) is 1.68. The normalized spacial score (nSPS) is 14.9. The van der Waals surface area contributed by atoms with Crippen molar-refractivity contribution in [2.75, 3.05) is 20.8 Å². The highest BCUT2D eigenvalue weighted by molar-refractivity contribution is 5.91. The standard InChI is InChI=1S/C30H28N4O6/c1-5-40-29(37)25-17(2)31-30-33-24(27(35)34(30)26(25)18-9-12-22(38-3)13-10-18)16-21-11-14-23(32-21)19-7-6-8-20(15-19)28(36)39-4/h6-16,26,32H,5H2,1-4H3,(H,31,33). The van der Waals surface area contributed by atoms with Gasteiger partial charge < -0.3 is 24.2 Å². The lowest BCUT2D eigenvalue weighted by molar-refractivity contribution is -0.139. The predicted molar refractivity (Wildman–Crippen MR) is 147 cm³/mol. The lowest BCUT2D eigenvalue weighted by Crippen LogP contribution is -2.40. The maximum Gasteiger partial charge on any atom is 0.338 e. The van der Waals surface area contributed by atoms with Crippen molar-refractivity contribution in [1.82, 2.24) is 14.5 Å². The van der Waals surface area contributed by atoms with Gasteiger partial charge in [-0.1, -0.05) is 24.3 Å². The molecule has 0 saturated carbocycles. The third-order valence-corrected chi connectivity index (χ3v) is 6.65. The molecule has 0 saturated heterocycles. The molecule has 1 unspecified atom stereocenters. The number of aromatic nitrogens is 3. The summed E-state index contributed by atoms with van der Waals surface area (Å²) in [4.78, 5) is 49.6. The van der Waals surface area contributed by atoms with E-state index in [0.717, 1.165) is 11.3 Å². The number of aromatic amines is 2. The maximum atomic E-state index is 13.8. The molecule has 1 atom stereocenters. The van der Waals surface area contributed by atoms with Gasteiger partial charge in [0.15, 0.2) is 0 Å². The van der Waals surface area contributed by atoms with E-state index < -0.39 is 18.0 Å². The number of H-pyrrole nitrogens is 2. The summed E-state index contributed by atoms with van der Waals surface area (Å²) < 4.78 is 16.9. The van der Waals surface area contributed by atoms with Gasteiger partial charge in [0.25, 0.3) is 5.56 Å². The zero-order valence-corrected chi connectivity index (χ0v) is 22.5. The number of hydrogen-bond acceptors (Lipinski definition) is 7. The highest BCUT2D eigenvalue weighted by atomic mass is 16.5. The fourth-order valence-corrected chi connectivity index (χ4v) is 4.75. The molecule has 2 aromatic carbocycles. The van der Waals surface area contributed by atoms with E-state index in [0.29, 0.717) is 39.5 Å². The number of esters is 2. The number of ether oxygens (including phenoxy) is 3. The predicted octanol–water partition coefficient (Wildman–Crippen LogP) is 2.86. The van der Waals surface area contributed by atoms with Gasteiger partial charge in [0, 0.05) is 11.4 Å². The van der Waals surface area contributed by atoms with Crippen LogP contribution >= 0.6 is 0 Å². The molecule has 0 spiro atoms. The van der Waals surface area contributed by atoms with E-state index in [-0.39, 0.29) is 17.5 Å². The van der Waals surface area contributed by atoms with Crippen LogP contribution in [-0.4, -0.2) is 47.3 Å². The number of nitrogens with zero attached hydrogens (tertiary/aromatic N) is 2. The molecule has 1 aliphatic rings. The van der Waals surface area contributed by atoms with Gasteiger partial charge in [-0.25, -0.2) is 14.6 Å². The van der Waals surface area contributed by atoms with Gasteiger partial charge in [0.05, 0.1) is 43.7 Å². The van der Waals surface area contributed by atoms with Crippen molar-refractivity contribution in [3.63, 3.8) is 0 Å². The molecular formula is C30H28N4O6. The smallest absolute Gasteiger partial charge is 0.338 e. The molecule has 40 heavy (non-hydrogen) atoms. The maximum absolute atomic E-state index is 13.8. The fourth-order valence-electron chi connectivity index (χ4n) is 4.75. The number of benzene rings is 2. The van der Waals surface area contributed by atoms with Crippen molar-refractivity contribution >= 4 is 18.0 Å². The number of fused-ring (bicyclic) bond motifs is 1. The summed E-state index contributed by atoms with van der Waals surface area (Å²) in [6, 6.07) is 17.2. The number of imidazole rings is 1. The van der Waals surface area contributed by atoms with Gasteiger partial charge in [-0.15, -0.1) is 0 Å². The van der Waals surface area contributed by atoms with Crippen LogP contribution in [0.25, 0.3) is 17.3 Å². The van der Waals surface area contributed by atoms with Crippen molar-refractivity contribution in [3.8, 4) is 17.0 Å². The lowest BCUT2D eigenvalue weighted by Gasteiger charge is -2.24. The zero-order valence-electron chi connectivity index (χ0n) is 22.5. The Morgan fingerprint density at radius 3 is 2.50 bits per heavy atom. The summed E-state index contributed by atoms with van der Waals surface area (Å²) >= 11 is 0. The van der Waals surface area contributed by atoms with E-state index in [1.807, 2.05) is 30.3 Å². The highest BCUT2D eigenvalue weighted by Crippen LogP contribution is 2.31. The molecule has 0 fully saturated rings. The first kappa shape index (κ1) is 26.5. The Kier molecular flexibility index (Phi) is 7.24. The van der Waals surface area contributed by atoms with Crippen molar-refractivity contribution < 1.29 is 23.8 Å². The van der Waals surface area contributed by atoms with Crippen LogP contribution < -0.4 is 21.3 Å². The molecule has 2 N–H and O–H groups in total. The number of nitrogens with one attached hydrogen (secondary N) is 2. The number of allylic oxidation sites excluding steroid dienone is 1. The second-order valence-electron chi connectivity index (χ2n) is 9.09. The molecule has 2 aromatic heterocycles. The Morgan fingerprint density at radius 2 is 1.80 bits per heavy atom. The van der Waals surface area contributed by atoms with Crippen molar-refractivity contribution in [2.45, 2.75) is 19.9 Å². The molecule has 4 aromatic rings. The number of rotatable bonds is 7. The first-order valence-electron chi connectivity index (χ1n) is 12.6. The largest absolute Gasteiger partial charge is 0.497 e. The Morgan fingerprint density at radius 1 is 1.02 bits per heavy atom. The quantitative estimate of drug-likeness (QED) is 0.347. The highest BCUT2D eigenvalue weighted by Gasteiger charge is 2.33. The van der Waals surface area contributed by atoms with Crippen LogP contribution in [0, 0.1) is 0 Å². The van der Waals surface area contributed by atoms with Crippen LogP contribution in [0.3, 0.4) is 0 Å². The van der Waals surface area contributed by atoms with Crippen molar-refractivity contribution in [2.24, 2.45) is 4.99 Å². The minimum absolute atomic E-state index is 0.191. The average molecular weight is 541 g/mol. The van der Waals surface area contributed by atoms with Gasteiger partial charge in [0.2, 0.25) is 5.62 Å². The van der Waals surface area contributed by atoms with Gasteiger partial charge >= 0.3 is 11.9 Å². The summed E-state index contributed by atoms with van der Waals surface area (Å²) in [5.74, 6) is -0.304. The van der Waals surface area contributed by atoms with Crippen LogP contribution in [-0.2, 0) is 14.3 Å². The first-order valence-corrected chi connectivity index (χ1v) is 12.6. The minimum atomic E-state index is -0.747. The Hall–Kier alpha value is -5.12. The SMILES string of the molecule is CCOC(=O)C1=C(C)N=c2[nH]c(=Cc3ccc(-c4cccc(C(=O)OC)c4)[nH]3)c(=O)n2C1c1ccc(OC)cc1. The molecule has 10 nitrogen and oxygen atoms in total. The topological polar surface area (TPSA) is 128 Å². The van der Waals surface area contributed by atoms with E-state index in [1.54, 1.807) is 57.4 Å². The molecule has 0 aliphatic carbocycles. The molecule has 3 heterocycles. The Labute approximate surface area is 229 Å². The Balaban J connectivity index is 1.59. The van der Waals surface area contributed by atoms with E-state index in [1.165, 1.54) is 11.7 Å². The summed E-state index contributed by atoms with van der Waals surface area (Å²) in [7, 11) is 2.91. The molecule has 5 rings (SSSR count). The molecule has 10 heteroatoms. The third-order valence-electron chi connectivity index (χ3n) is 6.65. The lowest BCUT2D eigenvalue weighted by atomic mass is 9.96. The van der Waals surface area contributed by atoms with E-state index >= 15 is 0 Å². The van der Waals surface area contributed by atoms with Crippen LogP contribution in [0.5, 0.6) is 5.75 Å². The van der Waals surface area contributed by atoms with Crippen molar-refractivity contribution in [3.05, 3.63) is 110 Å². The van der Waals surface area contributed by atoms with Crippen molar-refractivity contribution in [1.29, 1.82) is 0 Å². The number of carbonyl (C=O) groups is 2. The molecule has 0 radical (unpaired) electrons. The number of hydrogen-bond donors (Lipinski definition) is 2. The second kappa shape index (κ2) is 10.9.